The Labute approximate surface area is 81.3 Å². The number of aromatic nitrogens is 1. The van der Waals surface area contributed by atoms with E-state index in [0.717, 1.165) is 17.2 Å². The van der Waals surface area contributed by atoms with Crippen LogP contribution in [0.3, 0.4) is 0 Å². The maximum atomic E-state index is 10.2. The van der Waals surface area contributed by atoms with Gasteiger partial charge in [-0.1, -0.05) is 18.2 Å². The summed E-state index contributed by atoms with van der Waals surface area (Å²) in [7, 11) is 0. The average molecular weight is 187 g/mol. The van der Waals surface area contributed by atoms with Crippen molar-refractivity contribution in [2.75, 3.05) is 6.61 Å². The molecule has 2 rings (SSSR count). The lowest BCUT2D eigenvalue weighted by atomic mass is 10.2. The van der Waals surface area contributed by atoms with E-state index in [1.807, 2.05) is 24.3 Å². The molecule has 14 heavy (non-hydrogen) atoms. The normalized spacial score (nSPS) is 10.0. The van der Waals surface area contributed by atoms with Gasteiger partial charge in [0.25, 0.3) is 0 Å². The standard InChI is InChI=1S/C11H9NO2/c13-7-8-14-10-5-1-3-9-4-2-6-12-11(9)10/h1-7H,8H2. The molecule has 1 heterocycles. The van der Waals surface area contributed by atoms with Crippen molar-refractivity contribution in [1.82, 2.24) is 4.98 Å². The van der Waals surface area contributed by atoms with Crippen LogP contribution in [0.15, 0.2) is 36.5 Å². The van der Waals surface area contributed by atoms with Crippen LogP contribution < -0.4 is 4.74 Å². The molecule has 3 nitrogen and oxygen atoms in total. The third-order valence-corrected chi connectivity index (χ3v) is 1.90. The molecule has 0 amide bonds. The van der Waals surface area contributed by atoms with E-state index in [2.05, 4.69) is 4.98 Å². The molecular weight excluding hydrogens is 178 g/mol. The first-order chi connectivity index (χ1) is 6.92. The van der Waals surface area contributed by atoms with Crippen molar-refractivity contribution in [2.45, 2.75) is 0 Å². The Balaban J connectivity index is 2.48. The van der Waals surface area contributed by atoms with E-state index >= 15 is 0 Å². The van der Waals surface area contributed by atoms with E-state index in [1.54, 1.807) is 12.3 Å². The molecular formula is C11H9NO2. The quantitative estimate of drug-likeness (QED) is 0.688. The lowest BCUT2D eigenvalue weighted by molar-refractivity contribution is -0.109. The number of carbonyl (C=O) groups is 1. The fourth-order valence-corrected chi connectivity index (χ4v) is 1.32. The number of carbonyl (C=O) groups excluding carboxylic acids is 1. The summed E-state index contributed by atoms with van der Waals surface area (Å²) < 4.78 is 5.24. The Bertz CT molecular complexity index is 448. The average Bonchev–Trinajstić information content (AvgIpc) is 2.26. The maximum Gasteiger partial charge on any atom is 0.157 e. The van der Waals surface area contributed by atoms with Crippen molar-refractivity contribution in [3.05, 3.63) is 36.5 Å². The minimum absolute atomic E-state index is 0.0652. The van der Waals surface area contributed by atoms with E-state index in [0.29, 0.717) is 5.75 Å². The molecule has 70 valence electrons. The van der Waals surface area contributed by atoms with Crippen LogP contribution >= 0.6 is 0 Å². The Morgan fingerprint density at radius 3 is 3.00 bits per heavy atom. The van der Waals surface area contributed by atoms with Crippen molar-refractivity contribution >= 4 is 17.2 Å². The molecule has 0 aliphatic heterocycles. The molecule has 3 heteroatoms. The van der Waals surface area contributed by atoms with Crippen LogP contribution in [0.25, 0.3) is 10.9 Å². The summed E-state index contributed by atoms with van der Waals surface area (Å²) in [6, 6.07) is 9.46. The number of aldehydes is 1. The van der Waals surface area contributed by atoms with Gasteiger partial charge >= 0.3 is 0 Å². The number of ether oxygens (including phenoxy) is 1. The van der Waals surface area contributed by atoms with Gasteiger partial charge in [0.1, 0.15) is 17.9 Å². The highest BCUT2D eigenvalue weighted by Gasteiger charge is 2.00. The van der Waals surface area contributed by atoms with E-state index in [-0.39, 0.29) is 6.61 Å². The van der Waals surface area contributed by atoms with Crippen LogP contribution in [0.5, 0.6) is 5.75 Å². The smallest absolute Gasteiger partial charge is 0.157 e. The van der Waals surface area contributed by atoms with Gasteiger partial charge in [0.05, 0.1) is 0 Å². The first-order valence-electron chi connectivity index (χ1n) is 4.32. The molecule has 1 aromatic heterocycles. The van der Waals surface area contributed by atoms with Gasteiger partial charge in [0.15, 0.2) is 6.29 Å². The molecule has 0 aliphatic carbocycles. The van der Waals surface area contributed by atoms with Crippen LogP contribution in [0.1, 0.15) is 0 Å². The maximum absolute atomic E-state index is 10.2. The number of pyridine rings is 1. The first-order valence-corrected chi connectivity index (χ1v) is 4.32. The highest BCUT2D eigenvalue weighted by atomic mass is 16.5. The van der Waals surface area contributed by atoms with Gasteiger partial charge in [-0.15, -0.1) is 0 Å². The molecule has 1 aromatic carbocycles. The van der Waals surface area contributed by atoms with Gasteiger partial charge in [-0.25, -0.2) is 0 Å². The summed E-state index contributed by atoms with van der Waals surface area (Å²) in [6.45, 7) is 0.0652. The molecule has 0 aliphatic rings. The number of para-hydroxylation sites is 1. The summed E-state index contributed by atoms with van der Waals surface area (Å²) in [5.74, 6) is 0.648. The number of rotatable bonds is 3. The van der Waals surface area contributed by atoms with Crippen LogP contribution in [-0.4, -0.2) is 17.9 Å². The fourth-order valence-electron chi connectivity index (χ4n) is 1.32. The molecule has 2 aromatic rings. The minimum Gasteiger partial charge on any atom is -0.484 e. The Kier molecular flexibility index (Phi) is 2.40. The molecule has 0 bridgehead atoms. The summed E-state index contributed by atoms with van der Waals surface area (Å²) in [4.78, 5) is 14.4. The summed E-state index contributed by atoms with van der Waals surface area (Å²) >= 11 is 0. The Morgan fingerprint density at radius 1 is 1.29 bits per heavy atom. The monoisotopic (exact) mass is 187 g/mol. The molecule has 0 spiro atoms. The predicted molar refractivity (Wildman–Crippen MR) is 53.3 cm³/mol. The van der Waals surface area contributed by atoms with E-state index in [9.17, 15) is 4.79 Å². The van der Waals surface area contributed by atoms with Gasteiger partial charge in [-0.05, 0) is 12.1 Å². The highest BCUT2D eigenvalue weighted by molar-refractivity contribution is 5.84. The van der Waals surface area contributed by atoms with Crippen molar-refractivity contribution in [2.24, 2.45) is 0 Å². The lowest BCUT2D eigenvalue weighted by Crippen LogP contribution is -1.98. The zero-order valence-corrected chi connectivity index (χ0v) is 7.51. The fraction of sp³-hybridized carbons (Fsp3) is 0.0909. The van der Waals surface area contributed by atoms with Gasteiger partial charge < -0.3 is 4.74 Å². The number of hydrogen-bond acceptors (Lipinski definition) is 3. The summed E-state index contributed by atoms with van der Waals surface area (Å²) in [5.41, 5.74) is 0.789. The van der Waals surface area contributed by atoms with Crippen LogP contribution in [0.2, 0.25) is 0 Å². The third kappa shape index (κ3) is 1.57. The molecule has 0 unspecified atom stereocenters. The molecule has 0 saturated carbocycles. The Hall–Kier alpha value is -1.90. The van der Waals surface area contributed by atoms with Crippen molar-refractivity contribution in [1.29, 1.82) is 0 Å². The molecule has 0 saturated heterocycles. The van der Waals surface area contributed by atoms with E-state index in [4.69, 9.17) is 4.74 Å². The van der Waals surface area contributed by atoms with E-state index in [1.165, 1.54) is 0 Å². The number of hydrogen-bond donors (Lipinski definition) is 0. The number of nitrogens with zero attached hydrogens (tertiary/aromatic N) is 1. The second-order valence-corrected chi connectivity index (χ2v) is 2.81. The van der Waals surface area contributed by atoms with Crippen LogP contribution in [-0.2, 0) is 4.79 Å². The van der Waals surface area contributed by atoms with Gasteiger partial charge in [-0.2, -0.15) is 0 Å². The highest BCUT2D eigenvalue weighted by Crippen LogP contribution is 2.22. The third-order valence-electron chi connectivity index (χ3n) is 1.90. The van der Waals surface area contributed by atoms with Crippen LogP contribution in [0, 0.1) is 0 Å². The second-order valence-electron chi connectivity index (χ2n) is 2.81. The second kappa shape index (κ2) is 3.87. The van der Waals surface area contributed by atoms with Crippen molar-refractivity contribution in [3.63, 3.8) is 0 Å². The van der Waals surface area contributed by atoms with Crippen molar-refractivity contribution in [3.8, 4) is 5.75 Å². The predicted octanol–water partition coefficient (Wildman–Crippen LogP) is 1.81. The first kappa shape index (κ1) is 8.69. The topological polar surface area (TPSA) is 39.2 Å². The van der Waals surface area contributed by atoms with Gasteiger partial charge in [-0.3, -0.25) is 9.78 Å². The molecule has 0 atom stereocenters. The van der Waals surface area contributed by atoms with Gasteiger partial charge in [0, 0.05) is 11.6 Å². The van der Waals surface area contributed by atoms with Crippen molar-refractivity contribution < 1.29 is 9.53 Å². The summed E-state index contributed by atoms with van der Waals surface area (Å²) in [6.07, 6.45) is 2.43. The Morgan fingerprint density at radius 2 is 2.14 bits per heavy atom. The summed E-state index contributed by atoms with van der Waals surface area (Å²) in [5, 5.41) is 1.01. The SMILES string of the molecule is O=CCOc1cccc2cccnc12. The number of benzene rings is 1. The van der Waals surface area contributed by atoms with Gasteiger partial charge in [0.2, 0.25) is 0 Å². The molecule has 0 fully saturated rings. The largest absolute Gasteiger partial charge is 0.484 e. The number of fused-ring (bicyclic) bond motifs is 1. The van der Waals surface area contributed by atoms with Crippen LogP contribution in [0.4, 0.5) is 0 Å². The van der Waals surface area contributed by atoms with E-state index < -0.39 is 0 Å². The minimum atomic E-state index is 0.0652. The zero-order chi connectivity index (χ0) is 9.80. The zero-order valence-electron chi connectivity index (χ0n) is 7.51. The lowest BCUT2D eigenvalue weighted by Gasteiger charge is -2.04. The molecule has 0 radical (unpaired) electrons. The molecule has 0 N–H and O–H groups in total.